The predicted octanol–water partition coefficient (Wildman–Crippen LogP) is 8.52. The number of aromatic nitrogens is 2. The van der Waals surface area contributed by atoms with Gasteiger partial charge >= 0.3 is 12.4 Å². The third kappa shape index (κ3) is 7.20. The normalized spacial score (nSPS) is 13.4. The summed E-state index contributed by atoms with van der Waals surface area (Å²) < 4.78 is 97.4. The molecule has 196 valence electrons. The number of alkyl halides is 6. The molecule has 0 aliphatic carbocycles. The Bertz CT molecular complexity index is 1310. The van der Waals surface area contributed by atoms with Crippen LogP contribution in [0.5, 0.6) is 0 Å². The van der Waals surface area contributed by atoms with Crippen LogP contribution in [0.3, 0.4) is 0 Å². The Morgan fingerprint density at radius 3 is 2.27 bits per heavy atom. The first kappa shape index (κ1) is 28.9. The van der Waals surface area contributed by atoms with E-state index in [1.807, 2.05) is 0 Å². The summed E-state index contributed by atoms with van der Waals surface area (Å²) in [5.41, 5.74) is -3.64. The number of rotatable bonds is 7. The molecule has 0 bridgehead atoms. The Morgan fingerprint density at radius 2 is 1.70 bits per heavy atom. The van der Waals surface area contributed by atoms with E-state index in [4.69, 9.17) is 23.2 Å². The van der Waals surface area contributed by atoms with Crippen molar-refractivity contribution in [3.63, 3.8) is 0 Å². The lowest BCUT2D eigenvalue weighted by molar-refractivity contribution is -0.140. The number of anilines is 1. The summed E-state index contributed by atoms with van der Waals surface area (Å²) in [5.74, 6) is -5.19. The van der Waals surface area contributed by atoms with E-state index in [0.29, 0.717) is 6.07 Å². The zero-order chi connectivity index (χ0) is 27.5. The molecule has 1 unspecified atom stereocenters. The fraction of sp³-hybridized carbons (Fsp3) is 0.174. The maximum absolute atomic E-state index is 15.0. The number of allylic oxidation sites excluding steroid dienone is 1. The standard InChI is InChI=1S/C23H13BrCl2F7N3O/c24-16-7-12(8-17(25)20(16)26)14(22(28,29)30)9-18(27)11-2-3-13(15(6-11)23(31,32)33)19(37)10-36-21-34-4-1-5-35-21/h1-9,14H,10H2,(H,34,35,36)/b18-9-. The number of nitrogens with one attached hydrogen (secondary N) is 1. The molecule has 1 N–H and O–H groups in total. The predicted molar refractivity (Wildman–Crippen MR) is 128 cm³/mol. The molecule has 0 radical (unpaired) electrons. The van der Waals surface area contributed by atoms with Crippen LogP contribution < -0.4 is 5.32 Å². The zero-order valence-corrected chi connectivity index (χ0v) is 21.2. The number of carbonyl (C=O) groups is 1. The Kier molecular flexibility index (Phi) is 8.86. The number of carbonyl (C=O) groups excluding carboxylic acids is 1. The molecule has 0 aliphatic rings. The van der Waals surface area contributed by atoms with E-state index in [2.05, 4.69) is 31.2 Å². The SMILES string of the molecule is O=C(CNc1ncccn1)c1ccc(/C(F)=C/C(c2cc(Cl)c(Cl)c(Br)c2)C(F)(F)F)cc1C(F)(F)F. The van der Waals surface area contributed by atoms with Crippen LogP contribution in [0.25, 0.3) is 5.83 Å². The second kappa shape index (κ2) is 11.4. The van der Waals surface area contributed by atoms with Crippen molar-refractivity contribution in [2.24, 2.45) is 0 Å². The first-order chi connectivity index (χ1) is 17.2. The molecule has 1 aromatic heterocycles. The first-order valence-electron chi connectivity index (χ1n) is 10.0. The van der Waals surface area contributed by atoms with Crippen LogP contribution in [0.15, 0.2) is 59.3 Å². The quantitative estimate of drug-likeness (QED) is 0.162. The molecular weight excluding hydrogens is 618 g/mol. The summed E-state index contributed by atoms with van der Waals surface area (Å²) in [5, 5.41) is 2.14. The van der Waals surface area contributed by atoms with Crippen molar-refractivity contribution in [1.29, 1.82) is 0 Å². The van der Waals surface area contributed by atoms with E-state index in [0.717, 1.165) is 18.2 Å². The van der Waals surface area contributed by atoms with Gasteiger partial charge in [0.05, 0.1) is 22.2 Å². The molecule has 0 fully saturated rings. The molecule has 0 spiro atoms. The lowest BCUT2D eigenvalue weighted by Crippen LogP contribution is -2.20. The van der Waals surface area contributed by atoms with Gasteiger partial charge < -0.3 is 5.32 Å². The smallest absolute Gasteiger partial charge is 0.347 e. The van der Waals surface area contributed by atoms with E-state index in [-0.39, 0.29) is 32.6 Å². The molecule has 0 saturated heterocycles. The van der Waals surface area contributed by atoms with Gasteiger partial charge in [-0.05, 0) is 51.8 Å². The molecule has 0 aliphatic heterocycles. The van der Waals surface area contributed by atoms with Crippen LogP contribution in [0.4, 0.5) is 36.7 Å². The summed E-state index contributed by atoms with van der Waals surface area (Å²) in [6.45, 7) is -0.618. The molecule has 0 saturated carbocycles. The fourth-order valence-corrected chi connectivity index (χ4v) is 4.12. The van der Waals surface area contributed by atoms with Crippen LogP contribution in [0.2, 0.25) is 10.0 Å². The zero-order valence-electron chi connectivity index (χ0n) is 18.1. The van der Waals surface area contributed by atoms with E-state index in [9.17, 15) is 35.5 Å². The van der Waals surface area contributed by atoms with Gasteiger partial charge in [-0.1, -0.05) is 35.3 Å². The first-order valence-corrected chi connectivity index (χ1v) is 11.6. The Morgan fingerprint density at radius 1 is 1.05 bits per heavy atom. The third-order valence-corrected chi connectivity index (χ3v) is 6.56. The highest BCUT2D eigenvalue weighted by Gasteiger charge is 2.41. The maximum Gasteiger partial charge on any atom is 0.417 e. The fourth-order valence-electron chi connectivity index (χ4n) is 3.19. The molecule has 2 aromatic carbocycles. The topological polar surface area (TPSA) is 54.9 Å². The van der Waals surface area contributed by atoms with Gasteiger partial charge in [0.2, 0.25) is 5.95 Å². The van der Waals surface area contributed by atoms with E-state index < -0.39 is 58.7 Å². The van der Waals surface area contributed by atoms with Crippen molar-refractivity contribution >= 4 is 56.7 Å². The maximum atomic E-state index is 15.0. The van der Waals surface area contributed by atoms with Crippen LogP contribution in [-0.4, -0.2) is 28.5 Å². The van der Waals surface area contributed by atoms with Gasteiger partial charge in [0.25, 0.3) is 0 Å². The van der Waals surface area contributed by atoms with E-state index in [1.54, 1.807) is 0 Å². The highest BCUT2D eigenvalue weighted by Crippen LogP contribution is 2.43. The minimum atomic E-state index is -5.11. The van der Waals surface area contributed by atoms with Gasteiger partial charge in [0, 0.05) is 28.0 Å². The molecule has 4 nitrogen and oxygen atoms in total. The molecule has 0 amide bonds. The summed E-state index contributed by atoms with van der Waals surface area (Å²) in [6.07, 6.45) is -7.33. The number of halogens is 10. The highest BCUT2D eigenvalue weighted by atomic mass is 79.9. The molecule has 3 rings (SSSR count). The van der Waals surface area contributed by atoms with Crippen LogP contribution >= 0.6 is 39.1 Å². The third-order valence-electron chi connectivity index (χ3n) is 4.90. The van der Waals surface area contributed by atoms with Crippen molar-refractivity contribution in [3.8, 4) is 0 Å². The van der Waals surface area contributed by atoms with Crippen molar-refractivity contribution < 1.29 is 35.5 Å². The molecule has 1 atom stereocenters. The van der Waals surface area contributed by atoms with Gasteiger partial charge in [-0.15, -0.1) is 0 Å². The highest BCUT2D eigenvalue weighted by molar-refractivity contribution is 9.10. The summed E-state index contributed by atoms with van der Waals surface area (Å²) >= 11 is 14.6. The number of ketones is 1. The van der Waals surface area contributed by atoms with Gasteiger partial charge in [-0.3, -0.25) is 4.79 Å². The molecule has 14 heteroatoms. The average molecular weight is 631 g/mol. The van der Waals surface area contributed by atoms with Crippen molar-refractivity contribution in [1.82, 2.24) is 9.97 Å². The Hall–Kier alpha value is -2.70. The Labute approximate surface area is 223 Å². The van der Waals surface area contributed by atoms with E-state index in [1.165, 1.54) is 18.5 Å². The Balaban J connectivity index is 1.99. The van der Waals surface area contributed by atoms with Crippen LogP contribution in [0.1, 0.15) is 33.0 Å². The van der Waals surface area contributed by atoms with Gasteiger partial charge in [-0.2, -0.15) is 26.3 Å². The minimum absolute atomic E-state index is 0.0106. The monoisotopic (exact) mass is 629 g/mol. The number of Topliss-reactive ketones (excluding diaryl/α,β-unsaturated/α-hetero) is 1. The van der Waals surface area contributed by atoms with Crippen LogP contribution in [-0.2, 0) is 6.18 Å². The van der Waals surface area contributed by atoms with Crippen molar-refractivity contribution in [3.05, 3.63) is 91.6 Å². The van der Waals surface area contributed by atoms with Crippen molar-refractivity contribution in [2.75, 3.05) is 11.9 Å². The van der Waals surface area contributed by atoms with Gasteiger partial charge in [0.1, 0.15) is 11.7 Å². The molecular formula is C23H13BrCl2F7N3O. The average Bonchev–Trinajstić information content (AvgIpc) is 2.83. The number of nitrogens with zero attached hydrogens (tertiary/aromatic N) is 2. The van der Waals surface area contributed by atoms with Gasteiger partial charge in [0.15, 0.2) is 5.78 Å². The lowest BCUT2D eigenvalue weighted by Gasteiger charge is -2.19. The minimum Gasteiger partial charge on any atom is -0.347 e. The summed E-state index contributed by atoms with van der Waals surface area (Å²) in [4.78, 5) is 20.0. The summed E-state index contributed by atoms with van der Waals surface area (Å²) in [6, 6.07) is 5.09. The van der Waals surface area contributed by atoms with Gasteiger partial charge in [-0.25, -0.2) is 14.4 Å². The number of hydrogen-bond acceptors (Lipinski definition) is 4. The number of benzene rings is 2. The van der Waals surface area contributed by atoms with E-state index >= 15 is 0 Å². The lowest BCUT2D eigenvalue weighted by atomic mass is 9.95. The van der Waals surface area contributed by atoms with Crippen LogP contribution in [0, 0.1) is 0 Å². The second-order valence-electron chi connectivity index (χ2n) is 7.44. The molecule has 37 heavy (non-hydrogen) atoms. The molecule has 1 heterocycles. The second-order valence-corrected chi connectivity index (χ2v) is 9.08. The number of hydrogen-bond donors (Lipinski definition) is 1. The largest absolute Gasteiger partial charge is 0.417 e. The summed E-state index contributed by atoms with van der Waals surface area (Å²) in [7, 11) is 0. The van der Waals surface area contributed by atoms with Crippen molar-refractivity contribution in [2.45, 2.75) is 18.3 Å². The molecule has 3 aromatic rings.